The number of nitrogens with one attached hydrogen (secondary N) is 1. The lowest BCUT2D eigenvalue weighted by Gasteiger charge is -2.20. The molecule has 2 aromatic carbocycles. The number of hydrazone groups is 1. The number of ether oxygens (including phenoxy) is 1. The van der Waals surface area contributed by atoms with Crippen molar-refractivity contribution in [2.45, 2.75) is 0 Å². The number of hydrogen-bond donors (Lipinski definition) is 1. The summed E-state index contributed by atoms with van der Waals surface area (Å²) in [6.07, 6.45) is 0. The van der Waals surface area contributed by atoms with Crippen molar-refractivity contribution in [2.75, 3.05) is 24.7 Å². The molecular formula is C18H16BrClN4O2S. The van der Waals surface area contributed by atoms with Crippen LogP contribution in [0.15, 0.2) is 63.1 Å². The first kappa shape index (κ1) is 19.7. The molecule has 2 aromatic rings. The largest absolute Gasteiger partial charge is 0.441 e. The zero-order valence-corrected chi connectivity index (χ0v) is 17.5. The lowest BCUT2D eigenvalue weighted by molar-refractivity contribution is -0.113. The van der Waals surface area contributed by atoms with E-state index in [1.165, 1.54) is 11.8 Å². The van der Waals surface area contributed by atoms with Gasteiger partial charge in [0.05, 0.1) is 5.75 Å². The minimum atomic E-state index is -0.131. The molecule has 0 aromatic heterocycles. The van der Waals surface area contributed by atoms with Gasteiger partial charge in [-0.3, -0.25) is 9.80 Å². The summed E-state index contributed by atoms with van der Waals surface area (Å²) in [5.74, 6) is 1.21. The molecule has 0 fully saturated rings. The highest BCUT2D eigenvalue weighted by molar-refractivity contribution is 9.10. The van der Waals surface area contributed by atoms with Crippen LogP contribution in [0, 0.1) is 0 Å². The van der Waals surface area contributed by atoms with Crippen molar-refractivity contribution >= 4 is 62.0 Å². The van der Waals surface area contributed by atoms with E-state index >= 15 is 0 Å². The van der Waals surface area contributed by atoms with Gasteiger partial charge in [-0.1, -0.05) is 39.3 Å². The summed E-state index contributed by atoms with van der Waals surface area (Å²) >= 11 is 10.5. The van der Waals surface area contributed by atoms with Crippen LogP contribution in [0.25, 0.3) is 0 Å². The van der Waals surface area contributed by atoms with Crippen LogP contribution in [0.5, 0.6) is 5.75 Å². The molecule has 0 saturated heterocycles. The smallest absolute Gasteiger partial charge is 0.234 e. The lowest BCUT2D eigenvalue weighted by Crippen LogP contribution is -2.31. The van der Waals surface area contributed by atoms with E-state index in [2.05, 4.69) is 31.3 Å². The van der Waals surface area contributed by atoms with E-state index in [1.54, 1.807) is 29.3 Å². The monoisotopic (exact) mass is 466 g/mol. The Morgan fingerprint density at radius 2 is 1.96 bits per heavy atom. The van der Waals surface area contributed by atoms with Gasteiger partial charge in [0, 0.05) is 22.2 Å². The SMILES string of the molecule is CN1CC(Oc2ccc(Cl)cc2)=NC(SCC(=O)Nc2ccc(Br)cc2)=N1. The van der Waals surface area contributed by atoms with Crippen LogP contribution in [0.1, 0.15) is 0 Å². The van der Waals surface area contributed by atoms with Gasteiger partial charge >= 0.3 is 0 Å². The normalized spacial score (nSPS) is 13.7. The number of thioether (sulfide) groups is 1. The van der Waals surface area contributed by atoms with Crippen molar-refractivity contribution in [3.8, 4) is 5.75 Å². The number of amidine groups is 1. The van der Waals surface area contributed by atoms with E-state index in [0.29, 0.717) is 28.4 Å². The molecule has 1 aliphatic rings. The molecule has 0 saturated carbocycles. The predicted octanol–water partition coefficient (Wildman–Crippen LogP) is 4.47. The van der Waals surface area contributed by atoms with Crippen LogP contribution >= 0.6 is 39.3 Å². The van der Waals surface area contributed by atoms with Gasteiger partial charge < -0.3 is 10.1 Å². The third-order valence-electron chi connectivity index (χ3n) is 3.35. The van der Waals surface area contributed by atoms with E-state index in [1.807, 2.05) is 31.3 Å². The predicted molar refractivity (Wildman–Crippen MR) is 115 cm³/mol. The average molecular weight is 468 g/mol. The second-order valence-electron chi connectivity index (χ2n) is 5.60. The minimum absolute atomic E-state index is 0.131. The Labute approximate surface area is 174 Å². The maximum absolute atomic E-state index is 12.1. The minimum Gasteiger partial charge on any atom is -0.441 e. The average Bonchev–Trinajstić information content (AvgIpc) is 2.63. The number of hydrogen-bond acceptors (Lipinski definition) is 6. The first-order valence-electron chi connectivity index (χ1n) is 7.97. The number of aliphatic imine (C=N–C) groups is 1. The highest BCUT2D eigenvalue weighted by Crippen LogP contribution is 2.19. The van der Waals surface area contributed by atoms with Crippen molar-refractivity contribution in [3.63, 3.8) is 0 Å². The van der Waals surface area contributed by atoms with Crippen LogP contribution in [0.3, 0.4) is 0 Å². The molecule has 1 amide bonds. The zero-order valence-electron chi connectivity index (χ0n) is 14.4. The number of nitrogens with zero attached hydrogens (tertiary/aromatic N) is 3. The maximum atomic E-state index is 12.1. The summed E-state index contributed by atoms with van der Waals surface area (Å²) in [4.78, 5) is 16.5. The third-order valence-corrected chi connectivity index (χ3v) is 4.97. The van der Waals surface area contributed by atoms with E-state index in [-0.39, 0.29) is 11.7 Å². The fraction of sp³-hybridized carbons (Fsp3) is 0.167. The van der Waals surface area contributed by atoms with Gasteiger partial charge in [-0.15, -0.1) is 5.10 Å². The van der Waals surface area contributed by atoms with Gasteiger partial charge in [0.1, 0.15) is 12.3 Å². The number of anilines is 1. The molecule has 0 spiro atoms. The van der Waals surface area contributed by atoms with Crippen molar-refractivity contribution in [1.82, 2.24) is 5.01 Å². The second-order valence-corrected chi connectivity index (χ2v) is 7.90. The molecule has 0 radical (unpaired) electrons. The Morgan fingerprint density at radius 3 is 2.67 bits per heavy atom. The van der Waals surface area contributed by atoms with Gasteiger partial charge in [-0.25, -0.2) is 0 Å². The fourth-order valence-corrected chi connectivity index (χ4v) is 3.24. The molecule has 140 valence electrons. The molecule has 6 nitrogen and oxygen atoms in total. The number of carbonyl (C=O) groups is 1. The van der Waals surface area contributed by atoms with E-state index in [4.69, 9.17) is 16.3 Å². The summed E-state index contributed by atoms with van der Waals surface area (Å²) in [7, 11) is 1.82. The topological polar surface area (TPSA) is 66.3 Å². The maximum Gasteiger partial charge on any atom is 0.234 e. The quantitative estimate of drug-likeness (QED) is 0.720. The van der Waals surface area contributed by atoms with Gasteiger partial charge in [-0.05, 0) is 48.5 Å². The Morgan fingerprint density at radius 1 is 1.26 bits per heavy atom. The first-order chi connectivity index (χ1) is 13.0. The highest BCUT2D eigenvalue weighted by Gasteiger charge is 2.16. The van der Waals surface area contributed by atoms with Gasteiger partial charge in [0.2, 0.25) is 17.0 Å². The Bertz CT molecular complexity index is 872. The lowest BCUT2D eigenvalue weighted by atomic mass is 10.3. The Balaban J connectivity index is 1.56. The number of rotatable bonds is 4. The van der Waals surface area contributed by atoms with Crippen LogP contribution in [0.4, 0.5) is 5.69 Å². The number of amides is 1. The Hall–Kier alpha value is -2.03. The number of benzene rings is 2. The van der Waals surface area contributed by atoms with Gasteiger partial charge in [0.15, 0.2) is 0 Å². The third kappa shape index (κ3) is 6.27. The van der Waals surface area contributed by atoms with Crippen LogP contribution in [-0.4, -0.2) is 41.3 Å². The molecule has 1 heterocycles. The molecule has 0 bridgehead atoms. The summed E-state index contributed by atoms with van der Waals surface area (Å²) in [5, 5.41) is 9.98. The molecule has 27 heavy (non-hydrogen) atoms. The number of halogens is 2. The number of likely N-dealkylation sites (N-methyl/N-ethyl adjacent to an activating group) is 1. The van der Waals surface area contributed by atoms with Crippen molar-refractivity contribution in [2.24, 2.45) is 10.1 Å². The van der Waals surface area contributed by atoms with Crippen molar-refractivity contribution in [1.29, 1.82) is 0 Å². The molecule has 1 N–H and O–H groups in total. The molecule has 0 atom stereocenters. The van der Waals surface area contributed by atoms with Crippen molar-refractivity contribution in [3.05, 3.63) is 58.0 Å². The Kier molecular flexibility index (Phi) is 6.76. The molecule has 0 aliphatic carbocycles. The summed E-state index contributed by atoms with van der Waals surface area (Å²) in [5.41, 5.74) is 0.738. The van der Waals surface area contributed by atoms with Gasteiger partial charge in [-0.2, -0.15) is 4.99 Å². The van der Waals surface area contributed by atoms with Crippen LogP contribution in [0.2, 0.25) is 5.02 Å². The van der Waals surface area contributed by atoms with E-state index in [0.717, 1.165) is 10.2 Å². The zero-order chi connectivity index (χ0) is 19.2. The molecular weight excluding hydrogens is 452 g/mol. The first-order valence-corrected chi connectivity index (χ1v) is 10.1. The molecule has 9 heteroatoms. The standard InChI is InChI=1S/C18H16BrClN4O2S/c1-24-10-17(26-15-8-4-13(20)5-9-15)22-18(23-24)27-11-16(25)21-14-6-2-12(19)3-7-14/h2-9H,10-11H2,1H3,(H,21,25). The highest BCUT2D eigenvalue weighted by atomic mass is 79.9. The molecule has 0 unspecified atom stereocenters. The van der Waals surface area contributed by atoms with E-state index < -0.39 is 0 Å². The van der Waals surface area contributed by atoms with Crippen molar-refractivity contribution < 1.29 is 9.53 Å². The second kappa shape index (κ2) is 9.25. The van der Waals surface area contributed by atoms with Crippen LogP contribution in [-0.2, 0) is 4.79 Å². The van der Waals surface area contributed by atoms with Gasteiger partial charge in [0.25, 0.3) is 0 Å². The van der Waals surface area contributed by atoms with Crippen LogP contribution < -0.4 is 10.1 Å². The summed E-state index contributed by atoms with van der Waals surface area (Å²) in [6, 6.07) is 14.4. The number of carbonyl (C=O) groups excluding carboxylic acids is 1. The molecule has 1 aliphatic heterocycles. The summed E-state index contributed by atoms with van der Waals surface area (Å²) in [6.45, 7) is 0.442. The fourth-order valence-electron chi connectivity index (χ4n) is 2.16. The molecule has 3 rings (SSSR count). The van der Waals surface area contributed by atoms with E-state index in [9.17, 15) is 4.79 Å². The summed E-state index contributed by atoms with van der Waals surface area (Å²) < 4.78 is 6.73.